The lowest BCUT2D eigenvalue weighted by Crippen LogP contribution is -2.35. The standard InChI is InChI=1S/C19H16ClF3N4O4/c1-24-17(29)18(30)27-25-9-11-7-13(20)5-6-15(11)31-10-16(28)26-14-4-2-3-12(8-14)19(21,22)23/h2-9H,10H2,1H3,(H,24,29)(H,26,28)(H,27,30)/b25-9-. The molecule has 0 saturated carbocycles. The van der Waals surface area contributed by atoms with Crippen LogP contribution in [0.1, 0.15) is 11.1 Å². The number of nitrogens with zero attached hydrogens (tertiary/aromatic N) is 1. The Kier molecular flexibility index (Phi) is 7.97. The maximum Gasteiger partial charge on any atom is 0.416 e. The number of amides is 3. The van der Waals surface area contributed by atoms with Gasteiger partial charge in [0.25, 0.3) is 5.91 Å². The number of carbonyl (C=O) groups excluding carboxylic acids is 3. The van der Waals surface area contributed by atoms with Gasteiger partial charge in [-0.1, -0.05) is 17.7 Å². The summed E-state index contributed by atoms with van der Waals surface area (Å²) in [7, 11) is 1.28. The summed E-state index contributed by atoms with van der Waals surface area (Å²) >= 11 is 5.91. The highest BCUT2D eigenvalue weighted by molar-refractivity contribution is 6.35. The van der Waals surface area contributed by atoms with Crippen molar-refractivity contribution in [3.05, 3.63) is 58.6 Å². The highest BCUT2D eigenvalue weighted by Gasteiger charge is 2.30. The molecule has 8 nitrogen and oxygen atoms in total. The van der Waals surface area contributed by atoms with Crippen molar-refractivity contribution in [3.63, 3.8) is 0 Å². The number of alkyl halides is 3. The fourth-order valence-corrected chi connectivity index (χ4v) is 2.37. The van der Waals surface area contributed by atoms with Crippen LogP contribution >= 0.6 is 11.6 Å². The highest BCUT2D eigenvalue weighted by Crippen LogP contribution is 2.30. The van der Waals surface area contributed by atoms with E-state index >= 15 is 0 Å². The zero-order chi connectivity index (χ0) is 23.0. The van der Waals surface area contributed by atoms with Crippen LogP contribution in [-0.4, -0.2) is 37.6 Å². The van der Waals surface area contributed by atoms with E-state index in [-0.39, 0.29) is 17.0 Å². The van der Waals surface area contributed by atoms with Gasteiger partial charge in [-0.25, -0.2) is 5.43 Å². The van der Waals surface area contributed by atoms with Crippen LogP contribution in [0.15, 0.2) is 47.6 Å². The molecule has 0 aromatic heterocycles. The Hall–Kier alpha value is -3.60. The van der Waals surface area contributed by atoms with E-state index in [1.165, 1.54) is 37.4 Å². The zero-order valence-electron chi connectivity index (χ0n) is 15.9. The average Bonchev–Trinajstić information content (AvgIpc) is 2.72. The molecule has 0 spiro atoms. The maximum atomic E-state index is 12.8. The molecule has 0 atom stereocenters. The molecular formula is C19H16ClF3N4O4. The summed E-state index contributed by atoms with van der Waals surface area (Å²) in [6.45, 7) is -0.524. The van der Waals surface area contributed by atoms with Crippen molar-refractivity contribution in [1.82, 2.24) is 10.7 Å². The number of hydrogen-bond acceptors (Lipinski definition) is 5. The number of nitrogens with one attached hydrogen (secondary N) is 3. The fraction of sp³-hybridized carbons (Fsp3) is 0.158. The fourth-order valence-electron chi connectivity index (χ4n) is 2.19. The minimum atomic E-state index is -4.54. The minimum absolute atomic E-state index is 0.0433. The van der Waals surface area contributed by atoms with Gasteiger partial charge < -0.3 is 15.4 Å². The van der Waals surface area contributed by atoms with E-state index < -0.39 is 36.1 Å². The van der Waals surface area contributed by atoms with E-state index in [9.17, 15) is 27.6 Å². The SMILES string of the molecule is CNC(=O)C(=O)N/N=C\c1cc(Cl)ccc1OCC(=O)Nc1cccc(C(F)(F)F)c1. The van der Waals surface area contributed by atoms with Gasteiger partial charge in [-0.05, 0) is 36.4 Å². The van der Waals surface area contributed by atoms with Crippen LogP contribution in [0.3, 0.4) is 0 Å². The van der Waals surface area contributed by atoms with Gasteiger partial charge in [-0.2, -0.15) is 18.3 Å². The van der Waals surface area contributed by atoms with Gasteiger partial charge in [0.05, 0.1) is 11.8 Å². The van der Waals surface area contributed by atoms with Crippen molar-refractivity contribution < 1.29 is 32.3 Å². The molecule has 0 fully saturated rings. The Morgan fingerprint density at radius 2 is 1.87 bits per heavy atom. The first-order chi connectivity index (χ1) is 14.6. The smallest absolute Gasteiger partial charge is 0.416 e. The van der Waals surface area contributed by atoms with Gasteiger partial charge in [0.15, 0.2) is 6.61 Å². The number of likely N-dealkylation sites (N-methyl/N-ethyl adjacent to an activating group) is 1. The third-order valence-corrected chi connectivity index (χ3v) is 3.84. The Labute approximate surface area is 179 Å². The average molecular weight is 457 g/mol. The second-order valence-electron chi connectivity index (χ2n) is 5.88. The Morgan fingerprint density at radius 1 is 1.13 bits per heavy atom. The van der Waals surface area contributed by atoms with Crippen LogP contribution in [0.4, 0.5) is 18.9 Å². The van der Waals surface area contributed by atoms with Crippen LogP contribution in [-0.2, 0) is 20.6 Å². The van der Waals surface area contributed by atoms with Gasteiger partial charge in [-0.3, -0.25) is 14.4 Å². The van der Waals surface area contributed by atoms with E-state index in [0.717, 1.165) is 18.3 Å². The number of carbonyl (C=O) groups is 3. The molecular weight excluding hydrogens is 441 g/mol. The van der Waals surface area contributed by atoms with Crippen LogP contribution < -0.4 is 20.8 Å². The molecule has 0 unspecified atom stereocenters. The van der Waals surface area contributed by atoms with Crippen molar-refractivity contribution in [2.75, 3.05) is 19.0 Å². The van der Waals surface area contributed by atoms with Crippen molar-refractivity contribution in [2.24, 2.45) is 5.10 Å². The highest BCUT2D eigenvalue weighted by atomic mass is 35.5. The first kappa shape index (κ1) is 23.7. The van der Waals surface area contributed by atoms with Crippen LogP contribution in [0.25, 0.3) is 0 Å². The Bertz CT molecular complexity index is 1010. The maximum absolute atomic E-state index is 12.8. The molecule has 2 rings (SSSR count). The van der Waals surface area contributed by atoms with Gasteiger partial charge >= 0.3 is 18.0 Å². The van der Waals surface area contributed by atoms with Crippen molar-refractivity contribution >= 4 is 41.2 Å². The van der Waals surface area contributed by atoms with E-state index in [0.29, 0.717) is 5.02 Å². The summed E-state index contributed by atoms with van der Waals surface area (Å²) in [5.41, 5.74) is 1.32. The van der Waals surface area contributed by atoms with E-state index in [1.807, 2.05) is 5.43 Å². The second-order valence-corrected chi connectivity index (χ2v) is 6.31. The molecule has 0 saturated heterocycles. The molecule has 12 heteroatoms. The predicted octanol–water partition coefficient (Wildman–Crippen LogP) is 2.57. The van der Waals surface area contributed by atoms with Gasteiger partial charge in [0, 0.05) is 23.3 Å². The molecule has 0 bridgehead atoms. The number of rotatable bonds is 6. The number of hydrazone groups is 1. The number of ether oxygens (including phenoxy) is 1. The molecule has 164 valence electrons. The van der Waals surface area contributed by atoms with Gasteiger partial charge in [-0.15, -0.1) is 0 Å². The third kappa shape index (κ3) is 7.30. The quantitative estimate of drug-likeness (QED) is 0.352. The summed E-state index contributed by atoms with van der Waals surface area (Å²) in [5, 5.41) is 8.34. The Balaban J connectivity index is 2.02. The molecule has 3 amide bonds. The molecule has 3 N–H and O–H groups in total. The number of benzene rings is 2. The molecule has 2 aromatic rings. The lowest BCUT2D eigenvalue weighted by atomic mass is 10.2. The summed E-state index contributed by atoms with van der Waals surface area (Å²) in [5.74, 6) is -2.44. The normalized spacial score (nSPS) is 11.1. The predicted molar refractivity (Wildman–Crippen MR) is 107 cm³/mol. The largest absolute Gasteiger partial charge is 0.483 e. The Morgan fingerprint density at radius 3 is 2.55 bits per heavy atom. The van der Waals surface area contributed by atoms with Crippen LogP contribution in [0.5, 0.6) is 5.75 Å². The first-order valence-electron chi connectivity index (χ1n) is 8.54. The lowest BCUT2D eigenvalue weighted by Gasteiger charge is -2.11. The van der Waals surface area contributed by atoms with Gasteiger partial charge in [0.2, 0.25) is 0 Å². The second kappa shape index (κ2) is 10.4. The molecule has 2 aromatic carbocycles. The third-order valence-electron chi connectivity index (χ3n) is 3.61. The van der Waals surface area contributed by atoms with Crippen molar-refractivity contribution in [1.29, 1.82) is 0 Å². The topological polar surface area (TPSA) is 109 Å². The van der Waals surface area contributed by atoms with Crippen molar-refractivity contribution in [2.45, 2.75) is 6.18 Å². The molecule has 0 radical (unpaired) electrons. The van der Waals surface area contributed by atoms with Gasteiger partial charge in [0.1, 0.15) is 5.75 Å². The number of halogens is 4. The van der Waals surface area contributed by atoms with E-state index in [1.54, 1.807) is 0 Å². The molecule has 0 aliphatic carbocycles. The molecule has 0 heterocycles. The summed E-state index contributed by atoms with van der Waals surface area (Å²) in [6, 6.07) is 8.49. The molecule has 0 aliphatic heterocycles. The van der Waals surface area contributed by atoms with Crippen LogP contribution in [0, 0.1) is 0 Å². The number of hydrogen-bond donors (Lipinski definition) is 3. The summed E-state index contributed by atoms with van der Waals surface area (Å²) < 4.78 is 43.7. The minimum Gasteiger partial charge on any atom is -0.483 e. The monoisotopic (exact) mass is 456 g/mol. The molecule has 0 aliphatic rings. The first-order valence-corrected chi connectivity index (χ1v) is 8.92. The van der Waals surface area contributed by atoms with E-state index in [4.69, 9.17) is 16.3 Å². The zero-order valence-corrected chi connectivity index (χ0v) is 16.7. The lowest BCUT2D eigenvalue weighted by molar-refractivity contribution is -0.138. The number of anilines is 1. The van der Waals surface area contributed by atoms with Crippen LogP contribution in [0.2, 0.25) is 5.02 Å². The van der Waals surface area contributed by atoms with E-state index in [2.05, 4.69) is 15.7 Å². The molecule has 31 heavy (non-hydrogen) atoms. The van der Waals surface area contributed by atoms with Crippen molar-refractivity contribution in [3.8, 4) is 5.75 Å². The summed E-state index contributed by atoms with van der Waals surface area (Å²) in [6.07, 6.45) is -3.39. The summed E-state index contributed by atoms with van der Waals surface area (Å²) in [4.78, 5) is 34.6.